The molecule has 3 aliphatic rings. The Labute approximate surface area is 167 Å². The summed E-state index contributed by atoms with van der Waals surface area (Å²) >= 11 is 0. The van der Waals surface area contributed by atoms with Gasteiger partial charge in [-0.3, -0.25) is 14.4 Å². The number of rotatable bonds is 3. The lowest BCUT2D eigenvalue weighted by Gasteiger charge is -2.34. The molecular weight excluding hydrogens is 370 g/mol. The van der Waals surface area contributed by atoms with Crippen LogP contribution in [-0.4, -0.2) is 35.8 Å². The molecule has 2 saturated heterocycles. The van der Waals surface area contributed by atoms with Crippen molar-refractivity contribution < 1.29 is 19.1 Å². The molecule has 0 spiro atoms. The topological polar surface area (TPSA) is 92.9 Å². The van der Waals surface area contributed by atoms with Crippen LogP contribution in [-0.2, 0) is 14.4 Å². The zero-order valence-electron chi connectivity index (χ0n) is 15.7. The molecule has 2 aromatic carbocycles. The lowest BCUT2D eigenvalue weighted by Crippen LogP contribution is -2.46. The minimum atomic E-state index is -0.884. The van der Waals surface area contributed by atoms with E-state index in [1.165, 1.54) is 7.11 Å². The summed E-state index contributed by atoms with van der Waals surface area (Å²) in [7, 11) is 1.49. The Morgan fingerprint density at radius 3 is 2.45 bits per heavy atom. The van der Waals surface area contributed by atoms with Crippen LogP contribution in [0.1, 0.15) is 17.2 Å². The molecule has 5 rings (SSSR count). The third-order valence-electron chi connectivity index (χ3n) is 6.08. The largest absolute Gasteiger partial charge is 0.495 e. The third-order valence-corrected chi connectivity index (χ3v) is 6.08. The molecule has 3 heterocycles. The number of fused-ring (bicyclic) bond motifs is 5. The Morgan fingerprint density at radius 1 is 1.00 bits per heavy atom. The van der Waals surface area contributed by atoms with Crippen molar-refractivity contribution in [3.63, 3.8) is 0 Å². The van der Waals surface area contributed by atoms with Crippen LogP contribution in [0.2, 0.25) is 0 Å². The molecule has 0 aliphatic carbocycles. The Balaban J connectivity index is 1.66. The van der Waals surface area contributed by atoms with Crippen molar-refractivity contribution in [2.24, 2.45) is 17.6 Å². The van der Waals surface area contributed by atoms with Gasteiger partial charge in [-0.25, -0.2) is 4.90 Å². The van der Waals surface area contributed by atoms with Gasteiger partial charge in [0.25, 0.3) is 0 Å². The number of ether oxygens (including phenoxy) is 1. The van der Waals surface area contributed by atoms with E-state index in [4.69, 9.17) is 10.5 Å². The molecule has 7 heteroatoms. The van der Waals surface area contributed by atoms with E-state index < -0.39 is 35.7 Å². The second-order valence-corrected chi connectivity index (χ2v) is 7.42. The summed E-state index contributed by atoms with van der Waals surface area (Å²) in [5.41, 5.74) is 7.97. The molecule has 0 saturated carbocycles. The maximum atomic E-state index is 13.5. The Morgan fingerprint density at radius 2 is 1.69 bits per heavy atom. The molecule has 4 unspecified atom stereocenters. The van der Waals surface area contributed by atoms with E-state index in [2.05, 4.69) is 0 Å². The highest BCUT2D eigenvalue weighted by Gasteiger charge is 2.64. The predicted octanol–water partition coefficient (Wildman–Crippen LogP) is 1.70. The summed E-state index contributed by atoms with van der Waals surface area (Å²) in [4.78, 5) is 42.3. The van der Waals surface area contributed by atoms with E-state index in [0.29, 0.717) is 11.4 Å². The minimum Gasteiger partial charge on any atom is -0.495 e. The highest BCUT2D eigenvalue weighted by Crippen LogP contribution is 2.53. The fourth-order valence-corrected chi connectivity index (χ4v) is 4.93. The number of nitrogens with zero attached hydrogens (tertiary/aromatic N) is 2. The summed E-state index contributed by atoms with van der Waals surface area (Å²) < 4.78 is 5.35. The minimum absolute atomic E-state index is 0.339. The van der Waals surface area contributed by atoms with Gasteiger partial charge in [0.1, 0.15) is 11.8 Å². The first-order chi connectivity index (χ1) is 14.0. The van der Waals surface area contributed by atoms with E-state index in [9.17, 15) is 14.4 Å². The standard InChI is InChI=1S/C22H19N3O4/c1-29-15-9-5-4-8-14(15)25-21(27)16-17(22(25)28)19(20(23)26)24-11-10-12-6-2-3-7-13(12)18(16)24/h2-11,16-19H,1H3,(H2,23,26). The number of amides is 3. The summed E-state index contributed by atoms with van der Waals surface area (Å²) in [6, 6.07) is 13.3. The first kappa shape index (κ1) is 17.5. The number of carbonyl (C=O) groups excluding carboxylic acids is 3. The molecule has 0 aromatic heterocycles. The first-order valence-corrected chi connectivity index (χ1v) is 9.39. The van der Waals surface area contributed by atoms with Crippen LogP contribution in [0.5, 0.6) is 5.75 Å². The Hall–Kier alpha value is -3.61. The van der Waals surface area contributed by atoms with Gasteiger partial charge in [0.2, 0.25) is 17.7 Å². The Bertz CT molecular complexity index is 1080. The quantitative estimate of drug-likeness (QED) is 0.807. The molecule has 3 aliphatic heterocycles. The summed E-state index contributed by atoms with van der Waals surface area (Å²) in [5.74, 6) is -2.50. The van der Waals surface area contributed by atoms with Gasteiger partial charge in [0.15, 0.2) is 0 Å². The van der Waals surface area contributed by atoms with Gasteiger partial charge in [-0.15, -0.1) is 0 Å². The van der Waals surface area contributed by atoms with Crippen LogP contribution in [0.4, 0.5) is 5.69 Å². The molecule has 4 atom stereocenters. The van der Waals surface area contributed by atoms with Gasteiger partial charge in [-0.1, -0.05) is 36.4 Å². The fraction of sp³-hybridized carbons (Fsp3) is 0.227. The maximum Gasteiger partial charge on any atom is 0.240 e. The van der Waals surface area contributed by atoms with Crippen molar-refractivity contribution in [3.8, 4) is 5.75 Å². The van der Waals surface area contributed by atoms with Crippen LogP contribution < -0.4 is 15.4 Å². The number of anilines is 1. The van der Waals surface area contributed by atoms with Crippen molar-refractivity contribution >= 4 is 29.5 Å². The van der Waals surface area contributed by atoms with Gasteiger partial charge >= 0.3 is 0 Å². The number of hydrogen-bond donors (Lipinski definition) is 1. The number of methoxy groups -OCH3 is 1. The van der Waals surface area contributed by atoms with Crippen LogP contribution in [0.25, 0.3) is 6.08 Å². The fourth-order valence-electron chi connectivity index (χ4n) is 4.93. The van der Waals surface area contributed by atoms with Gasteiger partial charge in [-0.05, 0) is 29.3 Å². The predicted molar refractivity (Wildman–Crippen MR) is 106 cm³/mol. The summed E-state index contributed by atoms with van der Waals surface area (Å²) in [5, 5.41) is 0. The molecular formula is C22H19N3O4. The average Bonchev–Trinajstić information content (AvgIpc) is 3.21. The van der Waals surface area contributed by atoms with Crippen LogP contribution >= 0.6 is 0 Å². The molecule has 0 radical (unpaired) electrons. The number of imide groups is 1. The van der Waals surface area contributed by atoms with E-state index >= 15 is 0 Å². The second-order valence-electron chi connectivity index (χ2n) is 7.42. The number of para-hydroxylation sites is 2. The monoisotopic (exact) mass is 389 g/mol. The molecule has 146 valence electrons. The highest BCUT2D eigenvalue weighted by atomic mass is 16.5. The van der Waals surface area contributed by atoms with Crippen molar-refractivity contribution in [2.75, 3.05) is 12.0 Å². The molecule has 2 fully saturated rings. The number of carbonyl (C=O) groups is 3. The van der Waals surface area contributed by atoms with Gasteiger partial charge in [0.05, 0.1) is 30.7 Å². The van der Waals surface area contributed by atoms with E-state index in [0.717, 1.165) is 16.0 Å². The zero-order valence-corrected chi connectivity index (χ0v) is 15.7. The average molecular weight is 389 g/mol. The first-order valence-electron chi connectivity index (χ1n) is 9.39. The van der Waals surface area contributed by atoms with Crippen molar-refractivity contribution in [2.45, 2.75) is 12.1 Å². The summed E-state index contributed by atoms with van der Waals surface area (Å²) in [6.45, 7) is 0. The van der Waals surface area contributed by atoms with Crippen molar-refractivity contribution in [3.05, 3.63) is 65.9 Å². The number of hydrogen-bond acceptors (Lipinski definition) is 5. The molecule has 29 heavy (non-hydrogen) atoms. The molecule has 0 bridgehead atoms. The van der Waals surface area contributed by atoms with Gasteiger partial charge < -0.3 is 15.4 Å². The van der Waals surface area contributed by atoms with E-state index in [-0.39, 0.29) is 5.91 Å². The smallest absolute Gasteiger partial charge is 0.240 e. The van der Waals surface area contributed by atoms with Gasteiger partial charge in [0, 0.05) is 6.20 Å². The number of primary amides is 1. The number of benzene rings is 2. The Kier molecular flexibility index (Phi) is 3.74. The van der Waals surface area contributed by atoms with Gasteiger partial charge in [-0.2, -0.15) is 0 Å². The third kappa shape index (κ3) is 2.27. The van der Waals surface area contributed by atoms with E-state index in [1.54, 1.807) is 35.4 Å². The molecule has 2 N–H and O–H groups in total. The van der Waals surface area contributed by atoms with Crippen molar-refractivity contribution in [1.82, 2.24) is 4.90 Å². The maximum absolute atomic E-state index is 13.5. The highest BCUT2D eigenvalue weighted by molar-refractivity contribution is 6.24. The molecule has 2 aromatic rings. The SMILES string of the molecule is COc1ccccc1N1C(=O)C2C(C1=O)C1c3ccccc3C=CN1C2C(N)=O. The van der Waals surface area contributed by atoms with Crippen LogP contribution in [0.15, 0.2) is 54.7 Å². The lowest BCUT2D eigenvalue weighted by molar-refractivity contribution is -0.129. The summed E-state index contributed by atoms with van der Waals surface area (Å²) in [6.07, 6.45) is 3.66. The zero-order chi connectivity index (χ0) is 20.3. The van der Waals surface area contributed by atoms with Crippen LogP contribution in [0, 0.1) is 11.8 Å². The van der Waals surface area contributed by atoms with Crippen LogP contribution in [0.3, 0.4) is 0 Å². The number of nitrogens with two attached hydrogens (primary N) is 1. The molecule has 7 nitrogen and oxygen atoms in total. The van der Waals surface area contributed by atoms with Crippen molar-refractivity contribution in [1.29, 1.82) is 0 Å². The molecule has 3 amide bonds. The second kappa shape index (κ2) is 6.20. The van der Waals surface area contributed by atoms with E-state index in [1.807, 2.05) is 30.3 Å². The normalized spacial score (nSPS) is 26.9. The lowest BCUT2D eigenvalue weighted by atomic mass is 9.84.